The number of rotatable bonds is 5. The molecule has 0 aliphatic carbocycles. The van der Waals surface area contributed by atoms with Crippen molar-refractivity contribution in [1.82, 2.24) is 9.97 Å². The highest BCUT2D eigenvalue weighted by atomic mass is 19.4. The highest BCUT2D eigenvalue weighted by Gasteiger charge is 2.32. The summed E-state index contributed by atoms with van der Waals surface area (Å²) < 4.78 is 48.3. The normalized spacial score (nSPS) is 11.3. The second kappa shape index (κ2) is 7.53. The van der Waals surface area contributed by atoms with Crippen LogP contribution in [0.2, 0.25) is 0 Å². The zero-order valence-electron chi connectivity index (χ0n) is 12.9. The van der Waals surface area contributed by atoms with Gasteiger partial charge >= 0.3 is 11.9 Å². The second-order valence-electron chi connectivity index (χ2n) is 4.71. The number of nitriles is 1. The smallest absolute Gasteiger partial charge is 0.431 e. The summed E-state index contributed by atoms with van der Waals surface area (Å²) in [6, 6.07) is 7.31. The first-order valence-electron chi connectivity index (χ1n) is 6.88. The molecule has 1 aromatic heterocycles. The molecule has 9 heteroatoms. The van der Waals surface area contributed by atoms with Crippen molar-refractivity contribution in [2.45, 2.75) is 6.18 Å². The first-order valence-corrected chi connectivity index (χ1v) is 6.88. The third-order valence-electron chi connectivity index (χ3n) is 3.00. The Morgan fingerprint density at radius 2 is 2.04 bits per heavy atom. The molecular weight excluding hydrogens is 339 g/mol. The number of methoxy groups -OCH3 is 1. The number of hydrogen-bond acceptors (Lipinski definition) is 5. The summed E-state index contributed by atoms with van der Waals surface area (Å²) in [4.78, 5) is 16.4. The van der Waals surface area contributed by atoms with Crippen LogP contribution in [-0.2, 0) is 6.18 Å². The highest BCUT2D eigenvalue weighted by Crippen LogP contribution is 2.29. The molecule has 0 spiro atoms. The van der Waals surface area contributed by atoms with E-state index in [9.17, 15) is 18.0 Å². The summed E-state index contributed by atoms with van der Waals surface area (Å²) >= 11 is 0. The van der Waals surface area contributed by atoms with Crippen LogP contribution in [0.5, 0.6) is 11.5 Å². The fourth-order valence-corrected chi connectivity index (χ4v) is 1.91. The van der Waals surface area contributed by atoms with Crippen LogP contribution in [0.4, 0.5) is 13.2 Å². The molecular formula is C16H12F3N3O3. The average molecular weight is 351 g/mol. The van der Waals surface area contributed by atoms with E-state index in [0.717, 1.165) is 6.07 Å². The van der Waals surface area contributed by atoms with E-state index >= 15 is 0 Å². The Kier molecular flexibility index (Phi) is 5.44. The Bertz CT molecular complexity index is 883. The van der Waals surface area contributed by atoms with Crippen LogP contribution >= 0.6 is 0 Å². The van der Waals surface area contributed by atoms with Crippen molar-refractivity contribution in [3.63, 3.8) is 0 Å². The molecule has 0 aliphatic heterocycles. The van der Waals surface area contributed by atoms with Gasteiger partial charge in [0.15, 0.2) is 18.1 Å². The van der Waals surface area contributed by atoms with Crippen molar-refractivity contribution in [2.75, 3.05) is 13.7 Å². The molecule has 130 valence electrons. The molecule has 0 saturated heterocycles. The van der Waals surface area contributed by atoms with E-state index in [1.54, 1.807) is 23.2 Å². The Hall–Kier alpha value is -3.28. The van der Waals surface area contributed by atoms with E-state index in [2.05, 4.69) is 4.98 Å². The van der Waals surface area contributed by atoms with Crippen LogP contribution in [0.15, 0.2) is 29.1 Å². The van der Waals surface area contributed by atoms with Gasteiger partial charge in [0.25, 0.3) is 0 Å². The zero-order chi connectivity index (χ0) is 18.4. The monoisotopic (exact) mass is 351 g/mol. The number of hydrogen-bond donors (Lipinski definition) is 1. The zero-order valence-corrected chi connectivity index (χ0v) is 12.9. The van der Waals surface area contributed by atoms with E-state index in [0.29, 0.717) is 17.1 Å². The number of aromatic nitrogens is 2. The van der Waals surface area contributed by atoms with Gasteiger partial charge in [-0.3, -0.25) is 0 Å². The Morgan fingerprint density at radius 1 is 1.28 bits per heavy atom. The van der Waals surface area contributed by atoms with Gasteiger partial charge in [-0.25, -0.2) is 4.79 Å². The van der Waals surface area contributed by atoms with Gasteiger partial charge < -0.3 is 14.5 Å². The number of nitrogens with zero attached hydrogens (tertiary/aromatic N) is 2. The molecule has 0 bridgehead atoms. The van der Waals surface area contributed by atoms with Gasteiger partial charge in [-0.2, -0.15) is 23.4 Å². The van der Waals surface area contributed by atoms with Gasteiger partial charge in [0.05, 0.1) is 12.8 Å². The van der Waals surface area contributed by atoms with Crippen LogP contribution in [0.3, 0.4) is 0 Å². The number of benzene rings is 1. The van der Waals surface area contributed by atoms with Crippen LogP contribution in [-0.4, -0.2) is 23.7 Å². The quantitative estimate of drug-likeness (QED) is 0.895. The van der Waals surface area contributed by atoms with Crippen molar-refractivity contribution in [3.8, 4) is 17.6 Å². The van der Waals surface area contributed by atoms with Gasteiger partial charge in [-0.05, 0) is 29.8 Å². The van der Waals surface area contributed by atoms with Crippen molar-refractivity contribution in [3.05, 3.63) is 51.7 Å². The predicted molar refractivity (Wildman–Crippen MR) is 82.9 cm³/mol. The SMILES string of the molecule is COc1cc(C=Cc2cc(C(F)(F)F)[nH]c(=O)n2)ccc1OCC#N. The molecule has 0 amide bonds. The number of aromatic amines is 1. The molecule has 0 fully saturated rings. The Morgan fingerprint density at radius 3 is 2.68 bits per heavy atom. The number of halogens is 3. The summed E-state index contributed by atoms with van der Waals surface area (Å²) in [6.45, 7) is -0.150. The first kappa shape index (κ1) is 18.1. The second-order valence-corrected chi connectivity index (χ2v) is 4.71. The summed E-state index contributed by atoms with van der Waals surface area (Å²) in [5.41, 5.74) is -1.83. The molecule has 1 N–H and O–H groups in total. The maximum absolute atomic E-state index is 12.7. The third-order valence-corrected chi connectivity index (χ3v) is 3.00. The summed E-state index contributed by atoms with van der Waals surface area (Å²) in [5, 5.41) is 8.52. The van der Waals surface area contributed by atoms with Gasteiger partial charge in [-0.15, -0.1) is 0 Å². The number of alkyl halides is 3. The lowest BCUT2D eigenvalue weighted by atomic mass is 10.1. The van der Waals surface area contributed by atoms with E-state index < -0.39 is 17.6 Å². The maximum Gasteiger partial charge on any atom is 0.431 e. The van der Waals surface area contributed by atoms with E-state index in [4.69, 9.17) is 14.7 Å². The topological polar surface area (TPSA) is 88.0 Å². The first-order chi connectivity index (χ1) is 11.8. The summed E-state index contributed by atoms with van der Waals surface area (Å²) in [5.74, 6) is 0.710. The number of nitrogens with one attached hydrogen (secondary N) is 1. The van der Waals surface area contributed by atoms with Crippen LogP contribution in [0.1, 0.15) is 17.0 Å². The summed E-state index contributed by atoms with van der Waals surface area (Å²) in [6.07, 6.45) is -1.93. The summed E-state index contributed by atoms with van der Waals surface area (Å²) in [7, 11) is 1.41. The van der Waals surface area contributed by atoms with Crippen LogP contribution in [0, 0.1) is 11.3 Å². The van der Waals surface area contributed by atoms with E-state index in [1.807, 2.05) is 6.07 Å². The minimum absolute atomic E-state index is 0.139. The number of H-pyrrole nitrogens is 1. The lowest BCUT2D eigenvalue weighted by Gasteiger charge is -2.09. The fraction of sp³-hybridized carbons (Fsp3) is 0.188. The van der Waals surface area contributed by atoms with Crippen LogP contribution in [0.25, 0.3) is 12.2 Å². The standard InChI is InChI=1S/C16H12F3N3O3/c1-24-13-8-10(3-5-12(13)25-7-6-20)2-4-11-9-14(16(17,18)19)22-15(23)21-11/h2-5,8-9H,7H2,1H3,(H,21,22,23). The predicted octanol–water partition coefficient (Wildman–Crippen LogP) is 2.87. The van der Waals surface area contributed by atoms with E-state index in [-0.39, 0.29) is 12.3 Å². The molecule has 25 heavy (non-hydrogen) atoms. The minimum Gasteiger partial charge on any atom is -0.493 e. The highest BCUT2D eigenvalue weighted by molar-refractivity contribution is 5.69. The number of ether oxygens (including phenoxy) is 2. The molecule has 6 nitrogen and oxygen atoms in total. The molecule has 0 radical (unpaired) electrons. The largest absolute Gasteiger partial charge is 0.493 e. The molecule has 2 rings (SSSR count). The lowest BCUT2D eigenvalue weighted by molar-refractivity contribution is -0.141. The molecule has 2 aromatic rings. The third kappa shape index (κ3) is 4.84. The molecule has 0 unspecified atom stereocenters. The molecule has 1 heterocycles. The Labute approximate surface area is 140 Å². The van der Waals surface area contributed by atoms with Gasteiger partial charge in [0.2, 0.25) is 0 Å². The van der Waals surface area contributed by atoms with Gasteiger partial charge in [0, 0.05) is 0 Å². The van der Waals surface area contributed by atoms with Gasteiger partial charge in [0.1, 0.15) is 11.8 Å². The minimum atomic E-state index is -4.67. The fourth-order valence-electron chi connectivity index (χ4n) is 1.91. The van der Waals surface area contributed by atoms with Crippen molar-refractivity contribution in [1.29, 1.82) is 5.26 Å². The average Bonchev–Trinajstić information content (AvgIpc) is 2.57. The van der Waals surface area contributed by atoms with E-state index in [1.165, 1.54) is 19.3 Å². The van der Waals surface area contributed by atoms with Crippen molar-refractivity contribution >= 4 is 12.2 Å². The molecule has 0 saturated carbocycles. The maximum atomic E-state index is 12.7. The Balaban J connectivity index is 2.29. The molecule has 1 aromatic carbocycles. The van der Waals surface area contributed by atoms with Crippen molar-refractivity contribution < 1.29 is 22.6 Å². The lowest BCUT2D eigenvalue weighted by Crippen LogP contribution is -2.19. The van der Waals surface area contributed by atoms with Crippen LogP contribution < -0.4 is 15.2 Å². The molecule has 0 atom stereocenters. The van der Waals surface area contributed by atoms with Gasteiger partial charge in [-0.1, -0.05) is 12.1 Å². The molecule has 0 aliphatic rings. The van der Waals surface area contributed by atoms with Crippen molar-refractivity contribution in [2.24, 2.45) is 0 Å².